The van der Waals surface area contributed by atoms with Crippen molar-refractivity contribution in [1.82, 2.24) is 15.3 Å². The Balaban J connectivity index is 1.61. The topological polar surface area (TPSA) is 105 Å². The van der Waals surface area contributed by atoms with Crippen LogP contribution in [0.15, 0.2) is 24.3 Å². The number of nitrogens with zero attached hydrogens (tertiary/aromatic N) is 2. The van der Waals surface area contributed by atoms with Gasteiger partial charge in [-0.15, -0.1) is 0 Å². The van der Waals surface area contributed by atoms with Gasteiger partial charge in [-0.1, -0.05) is 32.0 Å². The number of cyclic esters (lactones) is 1. The molecule has 3 aliphatic rings. The Morgan fingerprint density at radius 3 is 2.72 bits per heavy atom. The molecule has 1 aromatic rings. The SMILES string of the molecule is CCOC(=O)C[C@H]1N(NC(=O)c2ccccc2C=O)[C@]12C1N2C(=O)OCC1(C)C. The van der Waals surface area contributed by atoms with Crippen molar-refractivity contribution in [2.45, 2.75) is 44.9 Å². The normalized spacial score (nSPS) is 30.8. The smallest absolute Gasteiger partial charge is 0.411 e. The second-order valence-corrected chi connectivity index (χ2v) is 8.14. The summed E-state index contributed by atoms with van der Waals surface area (Å²) in [5, 5.41) is 1.62. The standard InChI is InChI=1S/C20H23N3O6/c1-4-28-15(25)9-14-20(17-19(2,3)11-29-18(27)22(17)20)23(14)21-16(26)13-8-6-5-7-12(13)10-24/h5-8,10,14,17H,4,9,11H2,1-3H3,(H,21,26)/t14-,17?,20+,22?,23?/m1/s1. The Labute approximate surface area is 167 Å². The highest BCUT2D eigenvalue weighted by Crippen LogP contribution is 2.67. The molecule has 29 heavy (non-hydrogen) atoms. The van der Waals surface area contributed by atoms with Crippen molar-refractivity contribution in [3.8, 4) is 0 Å². The molecule has 2 unspecified atom stereocenters. The van der Waals surface area contributed by atoms with E-state index in [9.17, 15) is 19.2 Å². The lowest BCUT2D eigenvalue weighted by Crippen LogP contribution is -2.37. The Bertz CT molecular complexity index is 900. The molecule has 4 atom stereocenters. The molecule has 9 heteroatoms. The second kappa shape index (κ2) is 6.55. The summed E-state index contributed by atoms with van der Waals surface area (Å²) in [6.45, 7) is 6.19. The number of fused-ring (bicyclic) bond motifs is 3. The van der Waals surface area contributed by atoms with Gasteiger partial charge in [0, 0.05) is 11.0 Å². The lowest BCUT2D eigenvalue weighted by atomic mass is 9.87. The molecule has 1 aromatic carbocycles. The van der Waals surface area contributed by atoms with E-state index in [0.29, 0.717) is 6.29 Å². The summed E-state index contributed by atoms with van der Waals surface area (Å²) in [6.07, 6.45) is 0.178. The van der Waals surface area contributed by atoms with Gasteiger partial charge in [0.25, 0.3) is 5.91 Å². The van der Waals surface area contributed by atoms with Gasteiger partial charge in [0.05, 0.1) is 30.7 Å². The Kier molecular flexibility index (Phi) is 4.38. The molecule has 0 saturated carbocycles. The average molecular weight is 401 g/mol. The van der Waals surface area contributed by atoms with E-state index in [1.54, 1.807) is 41.1 Å². The Morgan fingerprint density at radius 2 is 2.07 bits per heavy atom. The molecular formula is C20H23N3O6. The van der Waals surface area contributed by atoms with Crippen LogP contribution in [0.1, 0.15) is 47.9 Å². The van der Waals surface area contributed by atoms with Crippen LogP contribution in [0.2, 0.25) is 0 Å². The molecule has 9 nitrogen and oxygen atoms in total. The van der Waals surface area contributed by atoms with Crippen LogP contribution in [0.3, 0.4) is 0 Å². The number of amides is 2. The van der Waals surface area contributed by atoms with Crippen LogP contribution >= 0.6 is 0 Å². The van der Waals surface area contributed by atoms with E-state index < -0.39 is 29.7 Å². The zero-order valence-electron chi connectivity index (χ0n) is 16.5. The zero-order chi connectivity index (χ0) is 21.0. The molecule has 2 amide bonds. The summed E-state index contributed by atoms with van der Waals surface area (Å²) in [7, 11) is 0. The first-order valence-corrected chi connectivity index (χ1v) is 9.55. The minimum absolute atomic E-state index is 0.0276. The fourth-order valence-corrected chi connectivity index (χ4v) is 4.58. The maximum absolute atomic E-state index is 12.8. The number of hydrogen-bond acceptors (Lipinski definition) is 7. The van der Waals surface area contributed by atoms with E-state index >= 15 is 0 Å². The fourth-order valence-electron chi connectivity index (χ4n) is 4.58. The van der Waals surface area contributed by atoms with Crippen molar-refractivity contribution in [2.24, 2.45) is 5.41 Å². The summed E-state index contributed by atoms with van der Waals surface area (Å²) in [5.74, 6) is -0.882. The molecule has 1 N–H and O–H groups in total. The Hall–Kier alpha value is -2.94. The highest BCUT2D eigenvalue weighted by Gasteiger charge is 2.90. The first-order chi connectivity index (χ1) is 13.8. The van der Waals surface area contributed by atoms with Crippen LogP contribution in [0.25, 0.3) is 0 Å². The van der Waals surface area contributed by atoms with E-state index in [0.717, 1.165) is 0 Å². The monoisotopic (exact) mass is 401 g/mol. The number of ether oxygens (including phenoxy) is 2. The highest BCUT2D eigenvalue weighted by molar-refractivity contribution is 6.01. The molecule has 3 heterocycles. The van der Waals surface area contributed by atoms with Gasteiger partial charge in [-0.2, -0.15) is 5.01 Å². The number of carbonyl (C=O) groups is 4. The third-order valence-corrected chi connectivity index (χ3v) is 5.82. The van der Waals surface area contributed by atoms with E-state index in [-0.39, 0.29) is 42.2 Å². The molecule has 3 aliphatic heterocycles. The van der Waals surface area contributed by atoms with E-state index in [1.807, 2.05) is 13.8 Å². The maximum atomic E-state index is 12.8. The van der Waals surface area contributed by atoms with Crippen molar-refractivity contribution in [3.63, 3.8) is 0 Å². The van der Waals surface area contributed by atoms with Gasteiger partial charge in [0.1, 0.15) is 6.61 Å². The van der Waals surface area contributed by atoms with Gasteiger partial charge < -0.3 is 9.47 Å². The van der Waals surface area contributed by atoms with Crippen LogP contribution in [0.4, 0.5) is 4.79 Å². The molecule has 0 radical (unpaired) electrons. The minimum Gasteiger partial charge on any atom is -0.466 e. The summed E-state index contributed by atoms with van der Waals surface area (Å²) in [4.78, 5) is 50.1. The largest absolute Gasteiger partial charge is 0.466 e. The van der Waals surface area contributed by atoms with Gasteiger partial charge in [-0.05, 0) is 13.0 Å². The molecular weight excluding hydrogens is 378 g/mol. The molecule has 0 bridgehead atoms. The quantitative estimate of drug-likeness (QED) is 0.436. The van der Waals surface area contributed by atoms with Crippen LogP contribution in [-0.2, 0) is 14.3 Å². The van der Waals surface area contributed by atoms with Crippen LogP contribution < -0.4 is 5.43 Å². The van der Waals surface area contributed by atoms with Crippen molar-refractivity contribution < 1.29 is 28.7 Å². The summed E-state index contributed by atoms with van der Waals surface area (Å²) >= 11 is 0. The summed E-state index contributed by atoms with van der Waals surface area (Å²) < 4.78 is 10.3. The number of hydrogen-bond donors (Lipinski definition) is 1. The molecule has 1 spiro atoms. The van der Waals surface area contributed by atoms with Gasteiger partial charge >= 0.3 is 12.1 Å². The third kappa shape index (κ3) is 2.79. The van der Waals surface area contributed by atoms with E-state index in [1.165, 1.54) is 0 Å². The lowest BCUT2D eigenvalue weighted by molar-refractivity contribution is -0.143. The van der Waals surface area contributed by atoms with Gasteiger partial charge in [-0.25, -0.2) is 4.79 Å². The summed E-state index contributed by atoms with van der Waals surface area (Å²) in [5.41, 5.74) is 2.11. The number of hydrazine groups is 1. The molecule has 4 rings (SSSR count). The number of carbonyl (C=O) groups excluding carboxylic acids is 4. The number of nitrogens with one attached hydrogen (secondary N) is 1. The Morgan fingerprint density at radius 1 is 1.34 bits per heavy atom. The zero-order valence-corrected chi connectivity index (χ0v) is 16.5. The number of esters is 1. The number of aldehydes is 1. The fraction of sp³-hybridized carbons (Fsp3) is 0.500. The van der Waals surface area contributed by atoms with Crippen molar-refractivity contribution in [3.05, 3.63) is 35.4 Å². The average Bonchev–Trinajstić information content (AvgIpc) is 3.55. The molecule has 0 aliphatic carbocycles. The van der Waals surface area contributed by atoms with Crippen LogP contribution in [0.5, 0.6) is 0 Å². The van der Waals surface area contributed by atoms with Crippen molar-refractivity contribution in [1.29, 1.82) is 0 Å². The lowest BCUT2D eigenvalue weighted by Gasteiger charge is -2.27. The number of rotatable bonds is 6. The van der Waals surface area contributed by atoms with Crippen molar-refractivity contribution >= 4 is 24.3 Å². The highest BCUT2D eigenvalue weighted by atomic mass is 16.6. The van der Waals surface area contributed by atoms with Gasteiger partial charge in [0.15, 0.2) is 11.9 Å². The molecule has 3 saturated heterocycles. The first kappa shape index (κ1) is 19.4. The predicted molar refractivity (Wildman–Crippen MR) is 99.7 cm³/mol. The van der Waals surface area contributed by atoms with Gasteiger partial charge in [-0.3, -0.25) is 24.7 Å². The van der Waals surface area contributed by atoms with Crippen LogP contribution in [-0.4, -0.2) is 65.1 Å². The number of benzene rings is 1. The molecule has 0 aromatic heterocycles. The minimum atomic E-state index is -0.810. The molecule has 3 fully saturated rings. The second-order valence-electron chi connectivity index (χ2n) is 8.14. The van der Waals surface area contributed by atoms with Crippen molar-refractivity contribution in [2.75, 3.05) is 13.2 Å². The van der Waals surface area contributed by atoms with E-state index in [4.69, 9.17) is 9.47 Å². The summed E-state index contributed by atoms with van der Waals surface area (Å²) in [6, 6.07) is 5.81. The predicted octanol–water partition coefficient (Wildman–Crippen LogP) is 1.34. The van der Waals surface area contributed by atoms with E-state index in [2.05, 4.69) is 5.43 Å². The van der Waals surface area contributed by atoms with Gasteiger partial charge in [0.2, 0.25) is 0 Å². The maximum Gasteiger partial charge on any atom is 0.411 e. The first-order valence-electron chi connectivity index (χ1n) is 9.55. The molecule has 154 valence electrons. The van der Waals surface area contributed by atoms with Crippen LogP contribution in [0, 0.1) is 5.41 Å². The third-order valence-electron chi connectivity index (χ3n) is 5.82.